The van der Waals surface area contributed by atoms with Gasteiger partial charge in [0.2, 0.25) is 0 Å². The molecule has 0 amide bonds. The van der Waals surface area contributed by atoms with Crippen LogP contribution in [-0.2, 0) is 13.0 Å². The highest BCUT2D eigenvalue weighted by molar-refractivity contribution is 5.56. The average molecular weight is 405 g/mol. The van der Waals surface area contributed by atoms with E-state index >= 15 is 0 Å². The summed E-state index contributed by atoms with van der Waals surface area (Å²) >= 11 is 0. The van der Waals surface area contributed by atoms with Gasteiger partial charge in [-0.2, -0.15) is 0 Å². The van der Waals surface area contributed by atoms with Gasteiger partial charge < -0.3 is 4.90 Å². The Balaban J connectivity index is 1.42. The van der Waals surface area contributed by atoms with Crippen LogP contribution in [0.15, 0.2) is 48.5 Å². The highest BCUT2D eigenvalue weighted by atomic mass is 15.5. The fraction of sp³-hybridized carbons (Fsp3) is 0.458. The fourth-order valence-corrected chi connectivity index (χ4v) is 4.45. The number of aromatic nitrogens is 4. The van der Waals surface area contributed by atoms with Crippen LogP contribution in [0.5, 0.6) is 0 Å². The summed E-state index contributed by atoms with van der Waals surface area (Å²) in [5, 5.41) is 12.7. The molecule has 1 saturated heterocycles. The molecule has 0 radical (unpaired) electrons. The second kappa shape index (κ2) is 9.39. The van der Waals surface area contributed by atoms with E-state index in [0.717, 1.165) is 51.4 Å². The zero-order valence-corrected chi connectivity index (χ0v) is 18.3. The van der Waals surface area contributed by atoms with Gasteiger partial charge in [-0.15, -0.1) is 5.10 Å². The first-order chi connectivity index (χ1) is 14.7. The summed E-state index contributed by atoms with van der Waals surface area (Å²) in [6.45, 7) is 11.6. The van der Waals surface area contributed by atoms with E-state index in [1.54, 1.807) is 0 Å². The lowest BCUT2D eigenvalue weighted by atomic mass is 10.1. The molecular weight excluding hydrogens is 372 g/mol. The molecule has 1 atom stereocenters. The minimum absolute atomic E-state index is 0.261. The predicted molar refractivity (Wildman–Crippen MR) is 121 cm³/mol. The quantitative estimate of drug-likeness (QED) is 0.599. The van der Waals surface area contributed by atoms with E-state index in [1.807, 2.05) is 4.68 Å². The summed E-state index contributed by atoms with van der Waals surface area (Å²) in [5.41, 5.74) is 5.44. The maximum Gasteiger partial charge on any atom is 0.168 e. The third kappa shape index (κ3) is 4.38. The van der Waals surface area contributed by atoms with Gasteiger partial charge in [0.15, 0.2) is 5.82 Å². The number of tetrazole rings is 1. The molecule has 1 aromatic heterocycles. The van der Waals surface area contributed by atoms with Crippen molar-refractivity contribution in [2.45, 2.75) is 46.2 Å². The first-order valence-corrected chi connectivity index (χ1v) is 11.0. The molecule has 0 saturated carbocycles. The first kappa shape index (κ1) is 20.5. The molecule has 3 aromatic rings. The Morgan fingerprint density at radius 2 is 1.70 bits per heavy atom. The summed E-state index contributed by atoms with van der Waals surface area (Å²) in [7, 11) is 0. The average Bonchev–Trinajstić information content (AvgIpc) is 3.24. The molecule has 1 aliphatic heterocycles. The number of hydrogen-bond donors (Lipinski definition) is 0. The zero-order valence-electron chi connectivity index (χ0n) is 18.3. The molecule has 4 rings (SSSR count). The number of nitrogens with zero attached hydrogens (tertiary/aromatic N) is 6. The predicted octanol–water partition coefficient (Wildman–Crippen LogP) is 3.81. The Morgan fingerprint density at radius 3 is 2.43 bits per heavy atom. The Morgan fingerprint density at radius 1 is 0.933 bits per heavy atom. The van der Waals surface area contributed by atoms with Crippen molar-refractivity contribution in [1.29, 1.82) is 0 Å². The summed E-state index contributed by atoms with van der Waals surface area (Å²) in [4.78, 5) is 5.07. The Labute approximate surface area is 179 Å². The third-order valence-corrected chi connectivity index (χ3v) is 6.37. The lowest BCUT2D eigenvalue weighted by molar-refractivity contribution is 0.169. The molecule has 6 heteroatoms. The minimum atomic E-state index is 0.261. The van der Waals surface area contributed by atoms with E-state index in [2.05, 4.69) is 94.6 Å². The van der Waals surface area contributed by atoms with Crippen LogP contribution in [0.4, 0.5) is 5.69 Å². The van der Waals surface area contributed by atoms with E-state index in [1.165, 1.54) is 22.4 Å². The number of aryl methyl sites for hydroxylation is 3. The van der Waals surface area contributed by atoms with E-state index in [-0.39, 0.29) is 6.04 Å². The summed E-state index contributed by atoms with van der Waals surface area (Å²) < 4.78 is 2.00. The summed E-state index contributed by atoms with van der Waals surface area (Å²) in [6.07, 6.45) is 1.95. The molecule has 1 aliphatic rings. The van der Waals surface area contributed by atoms with Crippen LogP contribution in [0.25, 0.3) is 0 Å². The fourth-order valence-electron chi connectivity index (χ4n) is 4.45. The van der Waals surface area contributed by atoms with Crippen LogP contribution in [0.3, 0.4) is 0 Å². The van der Waals surface area contributed by atoms with Crippen molar-refractivity contribution in [2.75, 3.05) is 31.1 Å². The third-order valence-electron chi connectivity index (χ3n) is 6.37. The molecule has 0 N–H and O–H groups in total. The standard InChI is InChI=1S/C24H32N6/c1-4-22(24-25-26-27-30(24)14-13-21-10-6-5-7-11-21)28-15-17-29(18-16-28)23-12-8-9-19(2)20(23)3/h5-12,22H,4,13-18H2,1-3H3/t22-/m0/s1. The van der Waals surface area contributed by atoms with E-state index in [0.29, 0.717) is 0 Å². The highest BCUT2D eigenvalue weighted by Crippen LogP contribution is 2.28. The second-order valence-corrected chi connectivity index (χ2v) is 8.16. The zero-order chi connectivity index (χ0) is 20.9. The second-order valence-electron chi connectivity index (χ2n) is 8.16. The van der Waals surface area contributed by atoms with Gasteiger partial charge in [0, 0.05) is 38.4 Å². The number of benzene rings is 2. The monoisotopic (exact) mass is 404 g/mol. The largest absolute Gasteiger partial charge is 0.369 e. The van der Waals surface area contributed by atoms with Crippen LogP contribution in [0, 0.1) is 13.8 Å². The van der Waals surface area contributed by atoms with Gasteiger partial charge in [-0.1, -0.05) is 49.4 Å². The van der Waals surface area contributed by atoms with Gasteiger partial charge in [-0.25, -0.2) is 4.68 Å². The van der Waals surface area contributed by atoms with Crippen molar-refractivity contribution in [3.05, 3.63) is 71.0 Å². The van der Waals surface area contributed by atoms with Crippen molar-refractivity contribution < 1.29 is 0 Å². The van der Waals surface area contributed by atoms with Crippen molar-refractivity contribution >= 4 is 5.69 Å². The van der Waals surface area contributed by atoms with Gasteiger partial charge in [0.1, 0.15) is 0 Å². The molecule has 1 fully saturated rings. The van der Waals surface area contributed by atoms with Gasteiger partial charge >= 0.3 is 0 Å². The van der Waals surface area contributed by atoms with Crippen molar-refractivity contribution in [1.82, 2.24) is 25.1 Å². The van der Waals surface area contributed by atoms with Gasteiger partial charge in [-0.05, 0) is 59.9 Å². The van der Waals surface area contributed by atoms with Gasteiger partial charge in [0.05, 0.1) is 6.04 Å². The van der Waals surface area contributed by atoms with Crippen LogP contribution < -0.4 is 4.90 Å². The van der Waals surface area contributed by atoms with E-state index in [4.69, 9.17) is 0 Å². The smallest absolute Gasteiger partial charge is 0.168 e. The van der Waals surface area contributed by atoms with Crippen molar-refractivity contribution in [3.8, 4) is 0 Å². The summed E-state index contributed by atoms with van der Waals surface area (Å²) in [6, 6.07) is 17.4. The van der Waals surface area contributed by atoms with Crippen LogP contribution in [-0.4, -0.2) is 51.3 Å². The maximum atomic E-state index is 4.42. The molecule has 2 heterocycles. The van der Waals surface area contributed by atoms with Gasteiger partial charge in [0.25, 0.3) is 0 Å². The van der Waals surface area contributed by atoms with Gasteiger partial charge in [-0.3, -0.25) is 4.90 Å². The number of hydrogen-bond acceptors (Lipinski definition) is 5. The molecule has 30 heavy (non-hydrogen) atoms. The Hall–Kier alpha value is -2.73. The molecule has 0 bridgehead atoms. The van der Waals surface area contributed by atoms with Crippen molar-refractivity contribution in [3.63, 3.8) is 0 Å². The summed E-state index contributed by atoms with van der Waals surface area (Å²) in [5.74, 6) is 0.994. The van der Waals surface area contributed by atoms with Crippen LogP contribution >= 0.6 is 0 Å². The van der Waals surface area contributed by atoms with Crippen LogP contribution in [0.2, 0.25) is 0 Å². The first-order valence-electron chi connectivity index (χ1n) is 11.0. The van der Waals surface area contributed by atoms with Crippen LogP contribution in [0.1, 0.15) is 41.9 Å². The maximum absolute atomic E-state index is 4.42. The highest BCUT2D eigenvalue weighted by Gasteiger charge is 2.28. The molecule has 0 spiro atoms. The lowest BCUT2D eigenvalue weighted by Gasteiger charge is -2.40. The van der Waals surface area contributed by atoms with E-state index in [9.17, 15) is 0 Å². The molecule has 6 nitrogen and oxygen atoms in total. The molecule has 158 valence electrons. The molecular formula is C24H32N6. The number of piperazine rings is 1. The molecule has 0 aliphatic carbocycles. The van der Waals surface area contributed by atoms with E-state index < -0.39 is 0 Å². The number of anilines is 1. The number of rotatable bonds is 7. The molecule has 2 aromatic carbocycles. The topological polar surface area (TPSA) is 50.1 Å². The minimum Gasteiger partial charge on any atom is -0.369 e. The molecule has 0 unspecified atom stereocenters. The Bertz CT molecular complexity index is 943. The lowest BCUT2D eigenvalue weighted by Crippen LogP contribution is -2.48. The Kier molecular flexibility index (Phi) is 6.43. The van der Waals surface area contributed by atoms with Crippen molar-refractivity contribution in [2.24, 2.45) is 0 Å². The SMILES string of the molecule is CC[C@@H](c1nnnn1CCc1ccccc1)N1CCN(c2cccc(C)c2C)CC1. The normalized spacial score (nSPS) is 16.0.